The number of hydrogen-bond donors (Lipinski definition) is 0. The molecule has 0 saturated carbocycles. The zero-order valence-electron chi connectivity index (χ0n) is 16.7. The molecule has 30 heavy (non-hydrogen) atoms. The predicted molar refractivity (Wildman–Crippen MR) is 111 cm³/mol. The highest BCUT2D eigenvalue weighted by Gasteiger charge is 2.20. The fourth-order valence-corrected chi connectivity index (χ4v) is 3.72. The van der Waals surface area contributed by atoms with E-state index in [0.717, 1.165) is 42.3 Å². The highest BCUT2D eigenvalue weighted by Crippen LogP contribution is 2.29. The molecule has 0 N–H and O–H groups in total. The average molecular weight is 409 g/mol. The molecular weight excluding hydrogens is 387 g/mol. The molecule has 1 aromatic heterocycles. The van der Waals surface area contributed by atoms with Gasteiger partial charge in [-0.25, -0.2) is 23.1 Å². The van der Waals surface area contributed by atoms with E-state index in [4.69, 9.17) is 0 Å². The van der Waals surface area contributed by atoms with E-state index in [1.165, 1.54) is 18.8 Å². The predicted octanol–water partition coefficient (Wildman–Crippen LogP) is 5.20. The van der Waals surface area contributed by atoms with Gasteiger partial charge in [-0.3, -0.25) is 4.90 Å². The third-order valence-corrected chi connectivity index (χ3v) is 5.58. The summed E-state index contributed by atoms with van der Waals surface area (Å²) in [4.78, 5) is 10.4. The van der Waals surface area contributed by atoms with Crippen LogP contribution < -0.4 is 0 Å². The molecule has 1 aliphatic heterocycles. The quantitative estimate of drug-likeness (QED) is 0.543. The third-order valence-electron chi connectivity index (χ3n) is 5.58. The van der Waals surface area contributed by atoms with Crippen LogP contribution in [0, 0.1) is 24.4 Å². The van der Waals surface area contributed by atoms with Gasteiger partial charge in [0, 0.05) is 48.7 Å². The molecule has 0 unspecified atom stereocenters. The lowest BCUT2D eigenvalue weighted by atomic mass is 9.96. The van der Waals surface area contributed by atoms with Crippen LogP contribution in [0.15, 0.2) is 55.1 Å². The highest BCUT2D eigenvalue weighted by atomic mass is 19.2. The first-order valence-electron chi connectivity index (χ1n) is 9.93. The second kappa shape index (κ2) is 8.79. The van der Waals surface area contributed by atoms with Crippen molar-refractivity contribution in [1.82, 2.24) is 14.9 Å². The molecule has 0 saturated heterocycles. The number of aromatic nitrogens is 2. The molecule has 6 heteroatoms. The summed E-state index contributed by atoms with van der Waals surface area (Å²) in [5, 5.41) is 0. The Labute approximate surface area is 173 Å². The number of rotatable bonds is 5. The summed E-state index contributed by atoms with van der Waals surface area (Å²) in [6.45, 7) is 3.55. The summed E-state index contributed by atoms with van der Waals surface area (Å²) in [6.07, 6.45) is 8.51. The fourth-order valence-electron chi connectivity index (χ4n) is 3.72. The van der Waals surface area contributed by atoms with Crippen molar-refractivity contribution in [1.29, 1.82) is 0 Å². The van der Waals surface area contributed by atoms with Gasteiger partial charge in [-0.15, -0.1) is 0 Å². The van der Waals surface area contributed by atoms with Gasteiger partial charge in [0.2, 0.25) is 0 Å². The molecule has 0 radical (unpaired) electrons. The van der Waals surface area contributed by atoms with Gasteiger partial charge in [0.1, 0.15) is 12.1 Å². The zero-order chi connectivity index (χ0) is 21.1. The molecule has 0 atom stereocenters. The Morgan fingerprint density at radius 1 is 0.967 bits per heavy atom. The van der Waals surface area contributed by atoms with E-state index in [1.807, 2.05) is 6.08 Å². The summed E-state index contributed by atoms with van der Waals surface area (Å²) < 4.78 is 41.6. The molecule has 1 aliphatic rings. The van der Waals surface area contributed by atoms with Gasteiger partial charge >= 0.3 is 0 Å². The Balaban J connectivity index is 1.37. The van der Waals surface area contributed by atoms with Crippen molar-refractivity contribution in [3.63, 3.8) is 0 Å². The maximum absolute atomic E-state index is 14.4. The Morgan fingerprint density at radius 3 is 2.37 bits per heavy atom. The van der Waals surface area contributed by atoms with Gasteiger partial charge < -0.3 is 0 Å². The molecular formula is C24H22F3N3. The molecule has 3 nitrogen and oxygen atoms in total. The molecule has 0 aliphatic carbocycles. The first-order valence-corrected chi connectivity index (χ1v) is 9.93. The molecule has 3 aromatic rings. The number of halogens is 3. The maximum atomic E-state index is 14.4. The van der Waals surface area contributed by atoms with E-state index in [9.17, 15) is 13.2 Å². The summed E-state index contributed by atoms with van der Waals surface area (Å²) >= 11 is 0. The lowest BCUT2D eigenvalue weighted by Gasteiger charge is -2.27. The van der Waals surface area contributed by atoms with Crippen LogP contribution in [-0.4, -0.2) is 34.5 Å². The standard InChI is InChI=1S/C24H22F3N3/c1-16-23(26)21(12-22(25)24(16)27)19-7-10-30(11-8-19)9-6-17-2-4-18(5-3-17)20-13-28-15-29-14-20/h2-5,7,12-15H,6,8-11H2,1H3. The van der Waals surface area contributed by atoms with Crippen LogP contribution in [-0.2, 0) is 6.42 Å². The Hall–Kier alpha value is -2.99. The van der Waals surface area contributed by atoms with Crippen LogP contribution in [0.4, 0.5) is 13.2 Å². The minimum atomic E-state index is -1.11. The monoisotopic (exact) mass is 409 g/mol. The van der Waals surface area contributed by atoms with Crippen LogP contribution in [0.5, 0.6) is 0 Å². The highest BCUT2D eigenvalue weighted by molar-refractivity contribution is 5.68. The van der Waals surface area contributed by atoms with Gasteiger partial charge in [0.15, 0.2) is 11.6 Å². The first-order chi connectivity index (χ1) is 14.5. The second-order valence-corrected chi connectivity index (χ2v) is 7.51. The Morgan fingerprint density at radius 2 is 1.70 bits per heavy atom. The molecule has 0 bridgehead atoms. The van der Waals surface area contributed by atoms with E-state index < -0.39 is 17.5 Å². The molecule has 2 aromatic carbocycles. The van der Waals surface area contributed by atoms with Crippen molar-refractivity contribution in [2.75, 3.05) is 19.6 Å². The molecule has 0 spiro atoms. The summed E-state index contributed by atoms with van der Waals surface area (Å²) in [5.41, 5.74) is 3.93. The molecule has 0 fully saturated rings. The van der Waals surface area contributed by atoms with Crippen LogP contribution in [0.2, 0.25) is 0 Å². The van der Waals surface area contributed by atoms with E-state index in [1.54, 1.807) is 12.4 Å². The summed E-state index contributed by atoms with van der Waals surface area (Å²) in [7, 11) is 0. The lowest BCUT2D eigenvalue weighted by Crippen LogP contribution is -2.30. The molecule has 2 heterocycles. The van der Waals surface area contributed by atoms with Crippen molar-refractivity contribution in [3.05, 3.63) is 89.3 Å². The van der Waals surface area contributed by atoms with Crippen molar-refractivity contribution in [2.45, 2.75) is 19.8 Å². The smallest absolute Gasteiger partial charge is 0.164 e. The van der Waals surface area contributed by atoms with Crippen LogP contribution in [0.25, 0.3) is 16.7 Å². The topological polar surface area (TPSA) is 29.0 Å². The largest absolute Gasteiger partial charge is 0.299 e. The average Bonchev–Trinajstić information content (AvgIpc) is 2.80. The molecule has 0 amide bonds. The third kappa shape index (κ3) is 4.28. The lowest BCUT2D eigenvalue weighted by molar-refractivity contribution is 0.305. The minimum Gasteiger partial charge on any atom is -0.299 e. The number of benzene rings is 2. The van der Waals surface area contributed by atoms with Gasteiger partial charge in [-0.05, 0) is 42.5 Å². The van der Waals surface area contributed by atoms with Crippen molar-refractivity contribution in [3.8, 4) is 11.1 Å². The summed E-state index contributed by atoms with van der Waals surface area (Å²) in [6, 6.07) is 9.31. The van der Waals surface area contributed by atoms with E-state index in [2.05, 4.69) is 39.1 Å². The Bertz CT molecular complexity index is 1060. The minimum absolute atomic E-state index is 0.173. The maximum Gasteiger partial charge on any atom is 0.164 e. The van der Waals surface area contributed by atoms with Gasteiger partial charge in [-0.1, -0.05) is 30.3 Å². The van der Waals surface area contributed by atoms with Crippen LogP contribution in [0.1, 0.15) is 23.1 Å². The van der Waals surface area contributed by atoms with E-state index >= 15 is 0 Å². The van der Waals surface area contributed by atoms with Crippen LogP contribution in [0.3, 0.4) is 0 Å². The second-order valence-electron chi connectivity index (χ2n) is 7.51. The van der Waals surface area contributed by atoms with Crippen molar-refractivity contribution < 1.29 is 13.2 Å². The van der Waals surface area contributed by atoms with Gasteiger partial charge in [0.25, 0.3) is 0 Å². The number of nitrogens with zero attached hydrogens (tertiary/aromatic N) is 3. The summed E-state index contributed by atoms with van der Waals surface area (Å²) in [5.74, 6) is -2.78. The first kappa shape index (κ1) is 20.3. The Kier molecular flexibility index (Phi) is 5.95. The van der Waals surface area contributed by atoms with Gasteiger partial charge in [-0.2, -0.15) is 0 Å². The SMILES string of the molecule is Cc1c(F)c(F)cc(C2=CCN(CCc3ccc(-c4cncnc4)cc3)CC2)c1F. The zero-order valence-corrected chi connectivity index (χ0v) is 16.7. The normalized spacial score (nSPS) is 14.6. The van der Waals surface area contributed by atoms with E-state index in [-0.39, 0.29) is 11.1 Å². The number of hydrogen-bond acceptors (Lipinski definition) is 3. The van der Waals surface area contributed by atoms with Crippen molar-refractivity contribution in [2.24, 2.45) is 0 Å². The van der Waals surface area contributed by atoms with E-state index in [0.29, 0.717) is 13.0 Å². The van der Waals surface area contributed by atoms with Gasteiger partial charge in [0.05, 0.1) is 0 Å². The fraction of sp³-hybridized carbons (Fsp3) is 0.250. The van der Waals surface area contributed by atoms with Crippen molar-refractivity contribution >= 4 is 5.57 Å². The molecule has 154 valence electrons. The molecule has 4 rings (SSSR count). The van der Waals surface area contributed by atoms with Crippen LogP contribution >= 0.6 is 0 Å².